The van der Waals surface area contributed by atoms with Crippen molar-refractivity contribution in [3.8, 4) is 0 Å². The highest BCUT2D eigenvalue weighted by Gasteiger charge is 2.04. The van der Waals surface area contributed by atoms with Crippen molar-refractivity contribution in [3.63, 3.8) is 0 Å². The Labute approximate surface area is 83.2 Å². The van der Waals surface area contributed by atoms with E-state index in [1.807, 2.05) is 11.9 Å². The average Bonchev–Trinajstić information content (AvgIpc) is 2.01. The van der Waals surface area contributed by atoms with Crippen molar-refractivity contribution in [2.45, 2.75) is 19.6 Å². The van der Waals surface area contributed by atoms with Crippen LogP contribution in [0, 0.1) is 5.95 Å². The highest BCUT2D eigenvalue weighted by Crippen LogP contribution is 2.04. The van der Waals surface area contributed by atoms with E-state index in [4.69, 9.17) is 5.11 Å². The summed E-state index contributed by atoms with van der Waals surface area (Å²) in [5.74, 6) is -0.465. The molecule has 78 valence electrons. The van der Waals surface area contributed by atoms with Gasteiger partial charge in [-0.15, -0.1) is 0 Å². The molecule has 1 heterocycles. The van der Waals surface area contributed by atoms with Gasteiger partial charge in [-0.25, -0.2) is 4.98 Å². The van der Waals surface area contributed by atoms with E-state index in [-0.39, 0.29) is 6.10 Å². The molecule has 1 N–H and O–H groups in total. The lowest BCUT2D eigenvalue weighted by atomic mass is 10.2. The van der Waals surface area contributed by atoms with Crippen LogP contribution in [0.25, 0.3) is 0 Å². The van der Waals surface area contributed by atoms with Gasteiger partial charge < -0.3 is 5.11 Å². The summed E-state index contributed by atoms with van der Waals surface area (Å²) in [4.78, 5) is 5.40. The summed E-state index contributed by atoms with van der Waals surface area (Å²) in [6, 6.07) is 3.17. The zero-order valence-corrected chi connectivity index (χ0v) is 8.44. The van der Waals surface area contributed by atoms with Gasteiger partial charge in [-0.05, 0) is 31.7 Å². The Hall–Kier alpha value is -1.00. The molecule has 1 aromatic heterocycles. The van der Waals surface area contributed by atoms with E-state index in [0.29, 0.717) is 13.1 Å². The molecule has 0 aliphatic rings. The molecule has 0 saturated carbocycles. The number of aromatic nitrogens is 1. The van der Waals surface area contributed by atoms with E-state index >= 15 is 0 Å². The number of aliphatic hydroxyl groups excluding tert-OH is 1. The molecule has 1 rings (SSSR count). The lowest BCUT2D eigenvalue weighted by molar-refractivity contribution is 0.138. The molecule has 0 spiro atoms. The molecule has 0 saturated heterocycles. The zero-order chi connectivity index (χ0) is 10.6. The van der Waals surface area contributed by atoms with E-state index in [0.717, 1.165) is 5.56 Å². The van der Waals surface area contributed by atoms with Crippen LogP contribution < -0.4 is 0 Å². The molecule has 0 aliphatic heterocycles. The molecular weight excluding hydrogens is 183 g/mol. The summed E-state index contributed by atoms with van der Waals surface area (Å²) in [6.07, 6.45) is 1.08. The van der Waals surface area contributed by atoms with Gasteiger partial charge in [0.15, 0.2) is 0 Å². The highest BCUT2D eigenvalue weighted by molar-refractivity contribution is 5.10. The number of halogens is 1. The summed E-state index contributed by atoms with van der Waals surface area (Å²) in [6.45, 7) is 2.91. The summed E-state index contributed by atoms with van der Waals surface area (Å²) in [7, 11) is 1.88. The quantitative estimate of drug-likeness (QED) is 0.734. The molecule has 3 nitrogen and oxygen atoms in total. The number of likely N-dealkylation sites (N-methyl/N-ethyl adjacent to an activating group) is 1. The number of pyridine rings is 1. The zero-order valence-electron chi connectivity index (χ0n) is 8.44. The van der Waals surface area contributed by atoms with Gasteiger partial charge in [0.2, 0.25) is 5.95 Å². The Morgan fingerprint density at radius 2 is 2.36 bits per heavy atom. The van der Waals surface area contributed by atoms with Gasteiger partial charge in [0.1, 0.15) is 0 Å². The second-order valence-corrected chi connectivity index (χ2v) is 3.53. The molecule has 0 fully saturated rings. The third-order valence-electron chi connectivity index (χ3n) is 1.82. The fourth-order valence-corrected chi connectivity index (χ4v) is 1.37. The Bertz CT molecular complexity index is 291. The predicted octanol–water partition coefficient (Wildman–Crippen LogP) is 1.03. The molecule has 0 aromatic carbocycles. The SMILES string of the molecule is CC(O)CN(C)Cc1ccnc(F)c1. The van der Waals surface area contributed by atoms with Crippen LogP contribution in [0.1, 0.15) is 12.5 Å². The molecule has 1 unspecified atom stereocenters. The maximum Gasteiger partial charge on any atom is 0.213 e. The standard InChI is InChI=1S/C10H15FN2O/c1-8(14)6-13(2)7-9-3-4-12-10(11)5-9/h3-5,8,14H,6-7H2,1-2H3. The van der Waals surface area contributed by atoms with E-state index in [9.17, 15) is 4.39 Å². The van der Waals surface area contributed by atoms with Crippen molar-refractivity contribution in [3.05, 3.63) is 29.8 Å². The van der Waals surface area contributed by atoms with E-state index in [1.54, 1.807) is 13.0 Å². The van der Waals surface area contributed by atoms with Crippen LogP contribution in [-0.4, -0.2) is 34.7 Å². The maximum atomic E-state index is 12.7. The molecule has 14 heavy (non-hydrogen) atoms. The van der Waals surface area contributed by atoms with Crippen molar-refractivity contribution < 1.29 is 9.50 Å². The first kappa shape index (κ1) is 11.1. The summed E-state index contributed by atoms with van der Waals surface area (Å²) in [5, 5.41) is 9.13. The number of hydrogen-bond donors (Lipinski definition) is 1. The van der Waals surface area contributed by atoms with Gasteiger partial charge in [-0.2, -0.15) is 4.39 Å². The van der Waals surface area contributed by atoms with E-state index in [2.05, 4.69) is 4.98 Å². The van der Waals surface area contributed by atoms with Crippen molar-refractivity contribution in [1.29, 1.82) is 0 Å². The Balaban J connectivity index is 2.51. The summed E-state index contributed by atoms with van der Waals surface area (Å²) < 4.78 is 12.7. The number of hydrogen-bond acceptors (Lipinski definition) is 3. The van der Waals surface area contributed by atoms with Gasteiger partial charge in [0, 0.05) is 19.3 Å². The van der Waals surface area contributed by atoms with Gasteiger partial charge in [0.05, 0.1) is 6.10 Å². The fraction of sp³-hybridized carbons (Fsp3) is 0.500. The molecule has 1 atom stereocenters. The number of rotatable bonds is 4. The molecule has 0 bridgehead atoms. The second-order valence-electron chi connectivity index (χ2n) is 3.53. The van der Waals surface area contributed by atoms with Gasteiger partial charge >= 0.3 is 0 Å². The van der Waals surface area contributed by atoms with Crippen LogP contribution in [0.5, 0.6) is 0 Å². The minimum Gasteiger partial charge on any atom is -0.392 e. The average molecular weight is 198 g/mol. The third-order valence-corrected chi connectivity index (χ3v) is 1.82. The van der Waals surface area contributed by atoms with Gasteiger partial charge in [0.25, 0.3) is 0 Å². The van der Waals surface area contributed by atoms with Crippen LogP contribution in [0.3, 0.4) is 0 Å². The largest absolute Gasteiger partial charge is 0.392 e. The minimum atomic E-state index is -0.465. The molecular formula is C10H15FN2O. The molecule has 0 aliphatic carbocycles. The highest BCUT2D eigenvalue weighted by atomic mass is 19.1. The third kappa shape index (κ3) is 3.81. The topological polar surface area (TPSA) is 36.4 Å². The molecule has 0 radical (unpaired) electrons. The fourth-order valence-electron chi connectivity index (χ4n) is 1.37. The smallest absolute Gasteiger partial charge is 0.213 e. The first-order chi connectivity index (χ1) is 6.58. The Kier molecular flexibility index (Phi) is 3.98. The van der Waals surface area contributed by atoms with Crippen molar-refractivity contribution in [2.24, 2.45) is 0 Å². The molecule has 4 heteroatoms. The van der Waals surface area contributed by atoms with Crippen LogP contribution in [0.4, 0.5) is 4.39 Å². The normalized spacial score (nSPS) is 13.2. The lowest BCUT2D eigenvalue weighted by Crippen LogP contribution is -2.26. The van der Waals surface area contributed by atoms with Crippen LogP contribution in [0.15, 0.2) is 18.3 Å². The van der Waals surface area contributed by atoms with E-state index in [1.165, 1.54) is 12.3 Å². The van der Waals surface area contributed by atoms with Crippen LogP contribution in [-0.2, 0) is 6.54 Å². The second kappa shape index (κ2) is 5.02. The van der Waals surface area contributed by atoms with Crippen molar-refractivity contribution >= 4 is 0 Å². The van der Waals surface area contributed by atoms with E-state index < -0.39 is 5.95 Å². The first-order valence-electron chi connectivity index (χ1n) is 4.55. The van der Waals surface area contributed by atoms with Crippen LogP contribution >= 0.6 is 0 Å². The maximum absolute atomic E-state index is 12.7. The number of aliphatic hydroxyl groups is 1. The van der Waals surface area contributed by atoms with Crippen LogP contribution in [0.2, 0.25) is 0 Å². The first-order valence-corrected chi connectivity index (χ1v) is 4.55. The van der Waals surface area contributed by atoms with Gasteiger partial charge in [-0.3, -0.25) is 4.90 Å². The summed E-state index contributed by atoms with van der Waals surface area (Å²) >= 11 is 0. The Morgan fingerprint density at radius 1 is 1.64 bits per heavy atom. The summed E-state index contributed by atoms with van der Waals surface area (Å²) in [5.41, 5.74) is 0.862. The Morgan fingerprint density at radius 3 is 2.93 bits per heavy atom. The molecule has 1 aromatic rings. The van der Waals surface area contributed by atoms with Crippen molar-refractivity contribution in [1.82, 2.24) is 9.88 Å². The van der Waals surface area contributed by atoms with Gasteiger partial charge in [-0.1, -0.05) is 0 Å². The lowest BCUT2D eigenvalue weighted by Gasteiger charge is -2.17. The number of nitrogens with zero attached hydrogens (tertiary/aromatic N) is 2. The minimum absolute atomic E-state index is 0.369. The predicted molar refractivity (Wildman–Crippen MR) is 52.2 cm³/mol. The molecule has 0 amide bonds. The monoisotopic (exact) mass is 198 g/mol. The van der Waals surface area contributed by atoms with Crippen molar-refractivity contribution in [2.75, 3.05) is 13.6 Å².